The third kappa shape index (κ3) is 9.03. The van der Waals surface area contributed by atoms with Crippen LogP contribution in [-0.4, -0.2) is 44.7 Å². The summed E-state index contributed by atoms with van der Waals surface area (Å²) in [5, 5.41) is 17.4. The minimum atomic E-state index is -4.36. The summed E-state index contributed by atoms with van der Waals surface area (Å²) in [6.45, 7) is 5.76. The van der Waals surface area contributed by atoms with Gasteiger partial charge in [-0.1, -0.05) is 19.1 Å². The molecule has 0 unspecified atom stereocenters. The number of carbonyl (C=O) groups is 1. The predicted molar refractivity (Wildman–Crippen MR) is 131 cm³/mol. The van der Waals surface area contributed by atoms with E-state index in [2.05, 4.69) is 10.2 Å². The summed E-state index contributed by atoms with van der Waals surface area (Å²) in [4.78, 5) is 38.7. The Morgan fingerprint density at radius 2 is 1.89 bits per heavy atom. The molecule has 8 nitrogen and oxygen atoms in total. The van der Waals surface area contributed by atoms with Crippen molar-refractivity contribution in [1.29, 1.82) is 0 Å². The van der Waals surface area contributed by atoms with E-state index in [0.717, 1.165) is 27.9 Å². The van der Waals surface area contributed by atoms with Crippen LogP contribution in [0.3, 0.4) is 0 Å². The first-order valence-corrected chi connectivity index (χ1v) is 12.7. The molecule has 2 aromatic rings. The molecule has 0 saturated carbocycles. The van der Waals surface area contributed by atoms with E-state index >= 15 is 0 Å². The van der Waals surface area contributed by atoms with Crippen LogP contribution in [0.5, 0.6) is 0 Å². The average Bonchev–Trinajstić information content (AvgIpc) is 2.77. The first kappa shape index (κ1) is 29.5. The lowest BCUT2D eigenvalue weighted by Crippen LogP contribution is -2.42. The Hall–Kier alpha value is -2.76. The van der Waals surface area contributed by atoms with E-state index < -0.39 is 34.6 Å². The van der Waals surface area contributed by atoms with Crippen molar-refractivity contribution >= 4 is 23.5 Å². The molecule has 0 bridgehead atoms. The van der Waals surface area contributed by atoms with Crippen molar-refractivity contribution in [3.63, 3.8) is 0 Å². The lowest BCUT2D eigenvalue weighted by molar-refractivity contribution is -0.308. The minimum absolute atomic E-state index is 0.0198. The number of nitrogens with one attached hydrogen (secondary N) is 1. The predicted octanol–water partition coefficient (Wildman–Crippen LogP) is 3.13. The molecule has 1 N–H and O–H groups in total. The molecule has 200 valence electrons. The SMILES string of the molecule is CCCN(CCCCc1cccc(SC(C)(C)C(=O)[O-])c1)c1n[nH]c(=O)n(CCCC(F)(F)F)c1=O. The largest absolute Gasteiger partial charge is 0.549 e. The number of aliphatic carboxylic acids is 1. The van der Waals surface area contributed by atoms with Gasteiger partial charge in [0.05, 0.1) is 10.7 Å². The second kappa shape index (κ2) is 13.0. The summed E-state index contributed by atoms with van der Waals surface area (Å²) < 4.78 is 37.1. The fourth-order valence-electron chi connectivity index (χ4n) is 3.59. The number of H-pyrrole nitrogens is 1. The number of carbonyl (C=O) groups excluding carboxylic acids is 1. The molecule has 0 aliphatic carbocycles. The van der Waals surface area contributed by atoms with Gasteiger partial charge in [0.15, 0.2) is 0 Å². The number of carboxylic acid groups (broad SMARTS) is 1. The van der Waals surface area contributed by atoms with Crippen LogP contribution < -0.4 is 21.3 Å². The number of hydrogen-bond acceptors (Lipinski definition) is 7. The van der Waals surface area contributed by atoms with Gasteiger partial charge >= 0.3 is 11.9 Å². The maximum atomic E-state index is 12.8. The number of nitrogens with zero attached hydrogens (tertiary/aromatic N) is 3. The molecule has 0 aliphatic heterocycles. The summed E-state index contributed by atoms with van der Waals surface area (Å²) in [6, 6.07) is 7.63. The van der Waals surface area contributed by atoms with Crippen LogP contribution in [0.15, 0.2) is 38.8 Å². The Labute approximate surface area is 211 Å². The van der Waals surface area contributed by atoms with Crippen LogP contribution in [0.2, 0.25) is 0 Å². The highest BCUT2D eigenvalue weighted by Gasteiger charge is 2.26. The highest BCUT2D eigenvalue weighted by Crippen LogP contribution is 2.32. The zero-order valence-corrected chi connectivity index (χ0v) is 21.5. The van der Waals surface area contributed by atoms with Crippen molar-refractivity contribution in [1.82, 2.24) is 14.8 Å². The molecule has 2 rings (SSSR count). The fraction of sp³-hybridized carbons (Fsp3) is 0.583. The van der Waals surface area contributed by atoms with Crippen molar-refractivity contribution in [2.75, 3.05) is 18.0 Å². The monoisotopic (exact) mass is 529 g/mol. The molecule has 1 heterocycles. The Morgan fingerprint density at radius 3 is 2.53 bits per heavy atom. The van der Waals surface area contributed by atoms with Crippen LogP contribution in [0.1, 0.15) is 58.4 Å². The maximum absolute atomic E-state index is 12.8. The summed E-state index contributed by atoms with van der Waals surface area (Å²) in [7, 11) is 0. The summed E-state index contributed by atoms with van der Waals surface area (Å²) in [5.41, 5.74) is -0.484. The molecule has 36 heavy (non-hydrogen) atoms. The molecular formula is C24H32F3N4O4S-. The normalized spacial score (nSPS) is 12.1. The molecule has 0 aliphatic rings. The van der Waals surface area contributed by atoms with Gasteiger partial charge in [0, 0.05) is 31.0 Å². The number of aryl methyl sites for hydroxylation is 1. The molecule has 1 aromatic carbocycles. The number of rotatable bonds is 14. The van der Waals surface area contributed by atoms with Gasteiger partial charge in [-0.25, -0.2) is 9.89 Å². The number of halogens is 3. The Kier molecular flexibility index (Phi) is 10.6. The van der Waals surface area contributed by atoms with Crippen molar-refractivity contribution in [2.45, 2.75) is 81.7 Å². The van der Waals surface area contributed by atoms with E-state index in [4.69, 9.17) is 0 Å². The molecule has 1 aromatic heterocycles. The van der Waals surface area contributed by atoms with Gasteiger partial charge in [-0.05, 0) is 63.6 Å². The van der Waals surface area contributed by atoms with Crippen LogP contribution in [0.4, 0.5) is 19.0 Å². The fourth-order valence-corrected chi connectivity index (χ4v) is 4.62. The average molecular weight is 530 g/mol. The van der Waals surface area contributed by atoms with Crippen LogP contribution in [-0.2, 0) is 17.8 Å². The molecule has 0 radical (unpaired) electrons. The van der Waals surface area contributed by atoms with Gasteiger partial charge in [0.25, 0.3) is 5.56 Å². The summed E-state index contributed by atoms with van der Waals surface area (Å²) >= 11 is 1.22. The topological polar surface area (TPSA) is 111 Å². The third-order valence-electron chi connectivity index (χ3n) is 5.48. The first-order valence-electron chi connectivity index (χ1n) is 11.8. The van der Waals surface area contributed by atoms with E-state index in [1.807, 2.05) is 31.2 Å². The van der Waals surface area contributed by atoms with Crippen LogP contribution in [0, 0.1) is 0 Å². The third-order valence-corrected chi connectivity index (χ3v) is 6.65. The van der Waals surface area contributed by atoms with Crippen molar-refractivity contribution in [3.8, 4) is 0 Å². The van der Waals surface area contributed by atoms with E-state index in [1.165, 1.54) is 11.8 Å². The molecule has 0 amide bonds. The highest BCUT2D eigenvalue weighted by atomic mass is 32.2. The molecular weight excluding hydrogens is 497 g/mol. The van der Waals surface area contributed by atoms with E-state index in [9.17, 15) is 32.7 Å². The van der Waals surface area contributed by atoms with Gasteiger partial charge in [0.1, 0.15) is 0 Å². The Balaban J connectivity index is 2.02. The number of alkyl halides is 3. The molecule has 0 atom stereocenters. The molecule has 0 spiro atoms. The lowest BCUT2D eigenvalue weighted by atomic mass is 10.1. The highest BCUT2D eigenvalue weighted by molar-refractivity contribution is 8.01. The Bertz CT molecular complexity index is 1130. The number of thioether (sulfide) groups is 1. The standard InChI is InChI=1S/C24H33F3N4O4S/c1-4-13-30(19-20(32)31(22(35)29-28-19)15-8-12-24(25,26)27)14-6-5-9-17-10-7-11-18(16-17)36-23(2,3)21(33)34/h7,10-11,16H,4-6,8-9,12-15H2,1-3H3,(H,29,35)(H,33,34)/p-1. The summed E-state index contributed by atoms with van der Waals surface area (Å²) in [5.74, 6) is -1.12. The molecule has 0 fully saturated rings. The smallest absolute Gasteiger partial charge is 0.389 e. The van der Waals surface area contributed by atoms with Crippen molar-refractivity contribution in [2.24, 2.45) is 0 Å². The van der Waals surface area contributed by atoms with Gasteiger partial charge in [-0.15, -0.1) is 16.9 Å². The second-order valence-electron chi connectivity index (χ2n) is 9.02. The van der Waals surface area contributed by atoms with Crippen molar-refractivity contribution < 1.29 is 23.1 Å². The Morgan fingerprint density at radius 1 is 1.17 bits per heavy atom. The van der Waals surface area contributed by atoms with Gasteiger partial charge < -0.3 is 14.8 Å². The number of unbranched alkanes of at least 4 members (excludes halogenated alkanes) is 1. The van der Waals surface area contributed by atoms with Crippen LogP contribution in [0.25, 0.3) is 0 Å². The molecule has 12 heteroatoms. The zero-order valence-electron chi connectivity index (χ0n) is 20.7. The second-order valence-corrected chi connectivity index (χ2v) is 10.7. The minimum Gasteiger partial charge on any atom is -0.549 e. The zero-order chi connectivity index (χ0) is 26.9. The number of aromatic amines is 1. The maximum Gasteiger partial charge on any atom is 0.389 e. The number of carboxylic acids is 1. The quantitative estimate of drug-likeness (QED) is 0.296. The number of anilines is 1. The van der Waals surface area contributed by atoms with Crippen molar-refractivity contribution in [3.05, 3.63) is 50.7 Å². The first-order chi connectivity index (χ1) is 16.8. The van der Waals surface area contributed by atoms with E-state index in [1.54, 1.807) is 18.7 Å². The van der Waals surface area contributed by atoms with Gasteiger partial charge in [-0.2, -0.15) is 13.2 Å². The van der Waals surface area contributed by atoms with Crippen LogP contribution >= 0.6 is 11.8 Å². The van der Waals surface area contributed by atoms with Gasteiger partial charge in [0.2, 0.25) is 5.82 Å². The summed E-state index contributed by atoms with van der Waals surface area (Å²) in [6.07, 6.45) is -2.89. The number of aromatic nitrogens is 3. The van der Waals surface area contributed by atoms with E-state index in [-0.39, 0.29) is 18.8 Å². The lowest BCUT2D eigenvalue weighted by Gasteiger charge is -2.25. The van der Waals surface area contributed by atoms with E-state index in [0.29, 0.717) is 25.9 Å². The number of benzene rings is 1. The van der Waals surface area contributed by atoms with Gasteiger partial charge in [-0.3, -0.25) is 9.36 Å². The number of hydrogen-bond donors (Lipinski definition) is 1. The molecule has 0 saturated heterocycles.